The zero-order valence-corrected chi connectivity index (χ0v) is 11.6. The van der Waals surface area contributed by atoms with Crippen LogP contribution >= 0.6 is 0 Å². The van der Waals surface area contributed by atoms with Gasteiger partial charge in [0.1, 0.15) is 5.41 Å². The van der Waals surface area contributed by atoms with Gasteiger partial charge in [0.05, 0.1) is 19.8 Å². The normalized spacial score (nSPS) is 16.8. The van der Waals surface area contributed by atoms with Crippen molar-refractivity contribution in [1.29, 1.82) is 0 Å². The SMILES string of the molecule is CCc1ccc(CN(C)C(=O)C2(CO)COC2)cc1. The Morgan fingerprint density at radius 3 is 2.32 bits per heavy atom. The second-order valence-electron chi connectivity index (χ2n) is 5.26. The van der Waals surface area contributed by atoms with Crippen molar-refractivity contribution in [2.45, 2.75) is 19.9 Å². The minimum absolute atomic E-state index is 0.0409. The van der Waals surface area contributed by atoms with E-state index in [1.165, 1.54) is 5.56 Å². The lowest BCUT2D eigenvalue weighted by Crippen LogP contribution is -2.56. The fourth-order valence-electron chi connectivity index (χ4n) is 2.26. The van der Waals surface area contributed by atoms with Crippen molar-refractivity contribution in [1.82, 2.24) is 4.90 Å². The summed E-state index contributed by atoms with van der Waals surface area (Å²) in [6.07, 6.45) is 1.01. The summed E-state index contributed by atoms with van der Waals surface area (Å²) in [6.45, 7) is 3.17. The third-order valence-electron chi connectivity index (χ3n) is 3.71. The maximum atomic E-state index is 12.3. The molecule has 1 aromatic rings. The van der Waals surface area contributed by atoms with Gasteiger partial charge in [0.2, 0.25) is 5.91 Å². The van der Waals surface area contributed by atoms with Crippen LogP contribution in [0.1, 0.15) is 18.1 Å². The minimum atomic E-state index is -0.710. The highest BCUT2D eigenvalue weighted by atomic mass is 16.5. The summed E-state index contributed by atoms with van der Waals surface area (Å²) < 4.78 is 5.07. The molecular formula is C15H21NO3. The molecule has 1 aliphatic heterocycles. The molecule has 1 aromatic carbocycles. The molecule has 0 radical (unpaired) electrons. The number of benzene rings is 1. The Morgan fingerprint density at radius 2 is 1.89 bits per heavy atom. The summed E-state index contributed by atoms with van der Waals surface area (Å²) in [5.41, 5.74) is 1.68. The molecule has 104 valence electrons. The first kappa shape index (κ1) is 14.0. The van der Waals surface area contributed by atoms with Crippen LogP contribution in [0.5, 0.6) is 0 Å². The van der Waals surface area contributed by atoms with E-state index >= 15 is 0 Å². The molecule has 0 saturated carbocycles. The van der Waals surface area contributed by atoms with E-state index in [4.69, 9.17) is 4.74 Å². The van der Waals surface area contributed by atoms with E-state index in [0.717, 1.165) is 12.0 Å². The molecule has 1 aliphatic rings. The van der Waals surface area contributed by atoms with Crippen LogP contribution in [0.3, 0.4) is 0 Å². The Hall–Kier alpha value is -1.39. The summed E-state index contributed by atoms with van der Waals surface area (Å²) in [5, 5.41) is 9.36. The average molecular weight is 263 g/mol. The third-order valence-corrected chi connectivity index (χ3v) is 3.71. The molecule has 2 rings (SSSR count). The highest BCUT2D eigenvalue weighted by molar-refractivity contribution is 5.83. The van der Waals surface area contributed by atoms with Gasteiger partial charge in [-0.3, -0.25) is 4.79 Å². The lowest BCUT2D eigenvalue weighted by atomic mass is 9.85. The van der Waals surface area contributed by atoms with Gasteiger partial charge in [0.25, 0.3) is 0 Å². The summed E-state index contributed by atoms with van der Waals surface area (Å²) >= 11 is 0. The first-order chi connectivity index (χ1) is 9.11. The van der Waals surface area contributed by atoms with Crippen LogP contribution in [0.2, 0.25) is 0 Å². The second-order valence-corrected chi connectivity index (χ2v) is 5.26. The van der Waals surface area contributed by atoms with Crippen LogP contribution in [0.15, 0.2) is 24.3 Å². The maximum absolute atomic E-state index is 12.3. The molecule has 1 heterocycles. The number of nitrogens with zero attached hydrogens (tertiary/aromatic N) is 1. The van der Waals surface area contributed by atoms with E-state index < -0.39 is 5.41 Å². The van der Waals surface area contributed by atoms with Crippen LogP contribution in [-0.4, -0.2) is 42.8 Å². The number of carbonyl (C=O) groups is 1. The molecule has 19 heavy (non-hydrogen) atoms. The van der Waals surface area contributed by atoms with Crippen molar-refractivity contribution in [3.05, 3.63) is 35.4 Å². The van der Waals surface area contributed by atoms with Crippen LogP contribution in [-0.2, 0) is 22.5 Å². The van der Waals surface area contributed by atoms with Gasteiger partial charge < -0.3 is 14.7 Å². The molecular weight excluding hydrogens is 242 g/mol. The van der Waals surface area contributed by atoms with Crippen molar-refractivity contribution in [3.8, 4) is 0 Å². The zero-order chi connectivity index (χ0) is 13.9. The molecule has 0 unspecified atom stereocenters. The molecule has 0 atom stereocenters. The monoisotopic (exact) mass is 263 g/mol. The summed E-state index contributed by atoms with van der Waals surface area (Å²) in [4.78, 5) is 14.0. The van der Waals surface area contributed by atoms with Gasteiger partial charge >= 0.3 is 0 Å². The standard InChI is InChI=1S/C15H21NO3/c1-3-12-4-6-13(7-5-12)8-16(2)14(18)15(9-17)10-19-11-15/h4-7,17H,3,8-11H2,1-2H3. The average Bonchev–Trinajstić information content (AvgIpc) is 2.39. The van der Waals surface area contributed by atoms with Crippen LogP contribution in [0, 0.1) is 5.41 Å². The van der Waals surface area contributed by atoms with Crippen molar-refractivity contribution in [3.63, 3.8) is 0 Å². The van der Waals surface area contributed by atoms with E-state index in [1.54, 1.807) is 11.9 Å². The van der Waals surface area contributed by atoms with Crippen LogP contribution < -0.4 is 0 Å². The summed E-state index contributed by atoms with van der Waals surface area (Å²) in [5.74, 6) is -0.0409. The highest BCUT2D eigenvalue weighted by Crippen LogP contribution is 2.29. The summed E-state index contributed by atoms with van der Waals surface area (Å²) in [6, 6.07) is 8.26. The Kier molecular flexibility index (Phi) is 4.22. The van der Waals surface area contributed by atoms with Gasteiger partial charge in [-0.05, 0) is 17.5 Å². The van der Waals surface area contributed by atoms with E-state index in [9.17, 15) is 9.90 Å². The smallest absolute Gasteiger partial charge is 0.235 e. The third kappa shape index (κ3) is 2.80. The second kappa shape index (κ2) is 5.72. The van der Waals surface area contributed by atoms with E-state index in [2.05, 4.69) is 19.1 Å². The molecule has 0 spiro atoms. The summed E-state index contributed by atoms with van der Waals surface area (Å²) in [7, 11) is 1.77. The molecule has 0 aromatic heterocycles. The predicted octanol–water partition coefficient (Wildman–Crippen LogP) is 1.22. The Bertz CT molecular complexity index is 432. The largest absolute Gasteiger partial charge is 0.395 e. The van der Waals surface area contributed by atoms with Crippen molar-refractivity contribution >= 4 is 5.91 Å². The lowest BCUT2D eigenvalue weighted by molar-refractivity contribution is -0.179. The number of hydrogen-bond donors (Lipinski definition) is 1. The number of amides is 1. The Labute approximate surface area is 114 Å². The number of aryl methyl sites for hydroxylation is 1. The quantitative estimate of drug-likeness (QED) is 0.869. The first-order valence-electron chi connectivity index (χ1n) is 6.63. The molecule has 1 amide bonds. The van der Waals surface area contributed by atoms with Gasteiger partial charge in [-0.2, -0.15) is 0 Å². The minimum Gasteiger partial charge on any atom is -0.395 e. The number of aliphatic hydroxyl groups is 1. The lowest BCUT2D eigenvalue weighted by Gasteiger charge is -2.40. The molecule has 1 saturated heterocycles. The van der Waals surface area contributed by atoms with Gasteiger partial charge in [-0.1, -0.05) is 31.2 Å². The van der Waals surface area contributed by atoms with Gasteiger partial charge in [0.15, 0.2) is 0 Å². The van der Waals surface area contributed by atoms with E-state index in [1.807, 2.05) is 12.1 Å². The van der Waals surface area contributed by atoms with Crippen LogP contribution in [0.4, 0.5) is 0 Å². The van der Waals surface area contributed by atoms with Gasteiger partial charge in [0, 0.05) is 13.6 Å². The van der Waals surface area contributed by atoms with Crippen molar-refractivity contribution in [2.75, 3.05) is 26.9 Å². The number of carbonyl (C=O) groups excluding carboxylic acids is 1. The van der Waals surface area contributed by atoms with Crippen LogP contribution in [0.25, 0.3) is 0 Å². The van der Waals surface area contributed by atoms with Gasteiger partial charge in [-0.25, -0.2) is 0 Å². The van der Waals surface area contributed by atoms with E-state index in [-0.39, 0.29) is 12.5 Å². The molecule has 0 bridgehead atoms. The Balaban J connectivity index is 1.99. The zero-order valence-electron chi connectivity index (χ0n) is 11.6. The Morgan fingerprint density at radius 1 is 1.32 bits per heavy atom. The molecule has 0 aliphatic carbocycles. The fourth-order valence-corrected chi connectivity index (χ4v) is 2.26. The number of rotatable bonds is 5. The maximum Gasteiger partial charge on any atom is 0.235 e. The fraction of sp³-hybridized carbons (Fsp3) is 0.533. The van der Waals surface area contributed by atoms with Crippen molar-refractivity contribution < 1.29 is 14.6 Å². The molecule has 4 nitrogen and oxygen atoms in total. The highest BCUT2D eigenvalue weighted by Gasteiger charge is 2.46. The predicted molar refractivity (Wildman–Crippen MR) is 72.6 cm³/mol. The molecule has 4 heteroatoms. The number of ether oxygens (including phenoxy) is 1. The topological polar surface area (TPSA) is 49.8 Å². The van der Waals surface area contributed by atoms with Crippen molar-refractivity contribution in [2.24, 2.45) is 5.41 Å². The van der Waals surface area contributed by atoms with Gasteiger partial charge in [-0.15, -0.1) is 0 Å². The number of hydrogen-bond acceptors (Lipinski definition) is 3. The molecule has 1 fully saturated rings. The number of aliphatic hydroxyl groups excluding tert-OH is 1. The first-order valence-corrected chi connectivity index (χ1v) is 6.63. The molecule has 1 N–H and O–H groups in total. The van der Waals surface area contributed by atoms with E-state index in [0.29, 0.717) is 19.8 Å².